The highest BCUT2D eigenvalue weighted by atomic mass is 16.1. The number of aldehydes is 1. The highest BCUT2D eigenvalue weighted by Gasteiger charge is 2.02. The van der Waals surface area contributed by atoms with Gasteiger partial charge in [-0.15, -0.1) is 0 Å². The Labute approximate surface area is 82.9 Å². The van der Waals surface area contributed by atoms with Crippen molar-refractivity contribution in [3.05, 3.63) is 0 Å². The maximum atomic E-state index is 10.5. The number of carbonyl (C=O) groups excluding carboxylic acids is 1. The lowest BCUT2D eigenvalue weighted by atomic mass is 9.99. The second kappa shape index (κ2) is 9.76. The van der Waals surface area contributed by atoms with Crippen molar-refractivity contribution in [3.8, 4) is 0 Å². The lowest BCUT2D eigenvalue weighted by molar-refractivity contribution is -0.111. The van der Waals surface area contributed by atoms with Crippen molar-refractivity contribution in [2.24, 2.45) is 5.92 Å². The Morgan fingerprint density at radius 2 is 1.62 bits per heavy atom. The standard InChI is InChI=1S/C12H24O/c1-3-5-6-7-8-9-10-12(4-2)11-13/h11-12H,3-10H2,1-2H3. The minimum Gasteiger partial charge on any atom is -0.303 e. The van der Waals surface area contributed by atoms with Crippen LogP contribution in [0.15, 0.2) is 0 Å². The fourth-order valence-corrected chi connectivity index (χ4v) is 1.56. The Balaban J connectivity index is 3.10. The van der Waals surface area contributed by atoms with Gasteiger partial charge in [-0.2, -0.15) is 0 Å². The second-order valence-corrected chi connectivity index (χ2v) is 3.86. The highest BCUT2D eigenvalue weighted by molar-refractivity contribution is 5.53. The van der Waals surface area contributed by atoms with Crippen LogP contribution < -0.4 is 0 Å². The molecule has 0 bridgehead atoms. The summed E-state index contributed by atoms with van der Waals surface area (Å²) in [5.74, 6) is 0.325. The molecule has 0 spiro atoms. The molecule has 0 saturated carbocycles. The number of carbonyl (C=O) groups is 1. The van der Waals surface area contributed by atoms with Crippen molar-refractivity contribution in [2.75, 3.05) is 0 Å². The zero-order valence-corrected chi connectivity index (χ0v) is 9.22. The summed E-state index contributed by atoms with van der Waals surface area (Å²) in [4.78, 5) is 10.5. The van der Waals surface area contributed by atoms with Gasteiger partial charge < -0.3 is 4.79 Å². The van der Waals surface area contributed by atoms with Crippen LogP contribution in [0.1, 0.15) is 65.2 Å². The molecule has 0 aromatic rings. The third-order valence-corrected chi connectivity index (χ3v) is 2.65. The highest BCUT2D eigenvalue weighted by Crippen LogP contribution is 2.12. The third kappa shape index (κ3) is 8.01. The Hall–Kier alpha value is -0.330. The lowest BCUT2D eigenvalue weighted by Crippen LogP contribution is -1.99. The van der Waals surface area contributed by atoms with E-state index in [0.29, 0.717) is 5.92 Å². The maximum Gasteiger partial charge on any atom is 0.123 e. The molecule has 0 radical (unpaired) electrons. The van der Waals surface area contributed by atoms with Crippen molar-refractivity contribution in [2.45, 2.75) is 65.2 Å². The minimum atomic E-state index is 0.325. The summed E-state index contributed by atoms with van der Waals surface area (Å²) in [7, 11) is 0. The van der Waals surface area contributed by atoms with Gasteiger partial charge in [0.1, 0.15) is 6.29 Å². The number of rotatable bonds is 9. The van der Waals surface area contributed by atoms with E-state index >= 15 is 0 Å². The summed E-state index contributed by atoms with van der Waals surface area (Å²) in [6.07, 6.45) is 11.2. The molecule has 0 saturated heterocycles. The topological polar surface area (TPSA) is 17.1 Å². The first-order valence-corrected chi connectivity index (χ1v) is 5.80. The molecule has 0 aliphatic heterocycles. The van der Waals surface area contributed by atoms with Crippen molar-refractivity contribution in [1.82, 2.24) is 0 Å². The van der Waals surface area contributed by atoms with E-state index in [2.05, 4.69) is 13.8 Å². The first kappa shape index (κ1) is 12.7. The van der Waals surface area contributed by atoms with Crippen LogP contribution in [0.25, 0.3) is 0 Å². The van der Waals surface area contributed by atoms with Crippen LogP contribution in [0.3, 0.4) is 0 Å². The van der Waals surface area contributed by atoms with Gasteiger partial charge in [-0.1, -0.05) is 52.4 Å². The van der Waals surface area contributed by atoms with Gasteiger partial charge in [0.2, 0.25) is 0 Å². The van der Waals surface area contributed by atoms with Gasteiger partial charge in [-0.3, -0.25) is 0 Å². The van der Waals surface area contributed by atoms with E-state index in [1.54, 1.807) is 0 Å². The molecule has 1 unspecified atom stereocenters. The molecule has 0 fully saturated rings. The van der Waals surface area contributed by atoms with E-state index in [4.69, 9.17) is 0 Å². The molecular formula is C12H24O. The Morgan fingerprint density at radius 3 is 2.15 bits per heavy atom. The van der Waals surface area contributed by atoms with Gasteiger partial charge in [0.05, 0.1) is 0 Å². The molecule has 0 amide bonds. The van der Waals surface area contributed by atoms with E-state index in [0.717, 1.165) is 19.1 Å². The van der Waals surface area contributed by atoms with E-state index in [1.807, 2.05) is 0 Å². The summed E-state index contributed by atoms with van der Waals surface area (Å²) in [5.41, 5.74) is 0. The van der Waals surface area contributed by atoms with Gasteiger partial charge in [-0.05, 0) is 12.8 Å². The summed E-state index contributed by atoms with van der Waals surface area (Å²) in [6, 6.07) is 0. The summed E-state index contributed by atoms with van der Waals surface area (Å²) >= 11 is 0. The molecule has 0 N–H and O–H groups in total. The predicted octanol–water partition coefficient (Wildman–Crippen LogP) is 3.96. The maximum absolute atomic E-state index is 10.5. The first-order valence-electron chi connectivity index (χ1n) is 5.80. The molecule has 78 valence electrons. The fourth-order valence-electron chi connectivity index (χ4n) is 1.56. The molecule has 1 heteroatoms. The van der Waals surface area contributed by atoms with Crippen LogP contribution in [-0.2, 0) is 4.79 Å². The zero-order valence-electron chi connectivity index (χ0n) is 9.22. The van der Waals surface area contributed by atoms with Gasteiger partial charge in [-0.25, -0.2) is 0 Å². The van der Waals surface area contributed by atoms with Crippen LogP contribution in [0, 0.1) is 5.92 Å². The van der Waals surface area contributed by atoms with E-state index < -0.39 is 0 Å². The summed E-state index contributed by atoms with van der Waals surface area (Å²) in [6.45, 7) is 4.33. The van der Waals surface area contributed by atoms with E-state index in [-0.39, 0.29) is 0 Å². The van der Waals surface area contributed by atoms with Crippen LogP contribution in [0.2, 0.25) is 0 Å². The monoisotopic (exact) mass is 184 g/mol. The van der Waals surface area contributed by atoms with E-state index in [9.17, 15) is 4.79 Å². The molecular weight excluding hydrogens is 160 g/mol. The molecule has 0 aliphatic carbocycles. The quantitative estimate of drug-likeness (QED) is 0.391. The summed E-state index contributed by atoms with van der Waals surface area (Å²) < 4.78 is 0. The van der Waals surface area contributed by atoms with Crippen molar-refractivity contribution >= 4 is 6.29 Å². The Bertz CT molecular complexity index is 110. The average Bonchev–Trinajstić information content (AvgIpc) is 2.17. The Kier molecular flexibility index (Phi) is 9.51. The minimum absolute atomic E-state index is 0.325. The van der Waals surface area contributed by atoms with Gasteiger partial charge >= 0.3 is 0 Å². The van der Waals surface area contributed by atoms with Crippen LogP contribution in [0.5, 0.6) is 0 Å². The molecule has 0 rings (SSSR count). The third-order valence-electron chi connectivity index (χ3n) is 2.65. The normalized spacial score (nSPS) is 12.8. The van der Waals surface area contributed by atoms with Crippen LogP contribution in [0.4, 0.5) is 0 Å². The van der Waals surface area contributed by atoms with Crippen LogP contribution >= 0.6 is 0 Å². The fraction of sp³-hybridized carbons (Fsp3) is 0.917. The smallest absolute Gasteiger partial charge is 0.123 e. The molecule has 1 nitrogen and oxygen atoms in total. The SMILES string of the molecule is CCCCCCCCC(C=O)CC. The van der Waals surface area contributed by atoms with Gasteiger partial charge in [0.25, 0.3) is 0 Å². The summed E-state index contributed by atoms with van der Waals surface area (Å²) in [5, 5.41) is 0. The molecule has 0 aromatic heterocycles. The second-order valence-electron chi connectivity index (χ2n) is 3.86. The van der Waals surface area contributed by atoms with Crippen molar-refractivity contribution < 1.29 is 4.79 Å². The van der Waals surface area contributed by atoms with Gasteiger partial charge in [0, 0.05) is 5.92 Å². The number of unbranched alkanes of at least 4 members (excludes halogenated alkanes) is 5. The predicted molar refractivity (Wildman–Crippen MR) is 57.8 cm³/mol. The molecule has 0 heterocycles. The molecule has 0 aliphatic rings. The van der Waals surface area contributed by atoms with Crippen LogP contribution in [-0.4, -0.2) is 6.29 Å². The number of hydrogen-bond donors (Lipinski definition) is 0. The first-order chi connectivity index (χ1) is 6.35. The molecule has 0 aromatic carbocycles. The lowest BCUT2D eigenvalue weighted by Gasteiger charge is -2.05. The zero-order chi connectivity index (χ0) is 9.94. The average molecular weight is 184 g/mol. The van der Waals surface area contributed by atoms with Crippen molar-refractivity contribution in [1.29, 1.82) is 0 Å². The van der Waals surface area contributed by atoms with Crippen molar-refractivity contribution in [3.63, 3.8) is 0 Å². The molecule has 1 atom stereocenters. The van der Waals surface area contributed by atoms with Gasteiger partial charge in [0.15, 0.2) is 0 Å². The van der Waals surface area contributed by atoms with E-state index in [1.165, 1.54) is 38.5 Å². The number of hydrogen-bond acceptors (Lipinski definition) is 1. The molecule has 13 heavy (non-hydrogen) atoms. The largest absolute Gasteiger partial charge is 0.303 e. The Morgan fingerprint density at radius 1 is 1.00 bits per heavy atom.